The minimum absolute atomic E-state index is 0.920. The van der Waals surface area contributed by atoms with Crippen LogP contribution in [0.15, 0.2) is 176 Å². The lowest BCUT2D eigenvalue weighted by molar-refractivity contribution is 1.10. The summed E-state index contributed by atoms with van der Waals surface area (Å²) in [5, 5.41) is 4.91. The molecule has 0 saturated heterocycles. The average molecular weight is 700 g/mol. The predicted octanol–water partition coefficient (Wildman–Crippen LogP) is 8.81. The fourth-order valence-corrected chi connectivity index (χ4v) is 14.2. The average Bonchev–Trinajstić information content (AvgIpc) is 3.98. The molecule has 0 fully saturated rings. The van der Waals surface area contributed by atoms with Crippen molar-refractivity contribution in [2.24, 2.45) is 0 Å². The highest BCUT2D eigenvalue weighted by Gasteiger charge is 2.51. The lowest BCUT2D eigenvalue weighted by atomic mass is 10.2. The number of rotatable bonds is 5. The van der Waals surface area contributed by atoms with Crippen LogP contribution in [0.3, 0.4) is 0 Å². The first kappa shape index (κ1) is 29.3. The van der Waals surface area contributed by atoms with E-state index in [1.165, 1.54) is 25.8 Å². The van der Waals surface area contributed by atoms with Gasteiger partial charge in [-0.25, -0.2) is 15.0 Å². The molecule has 3 aromatic heterocycles. The molecule has 1 atom stereocenters. The Morgan fingerprint density at radius 1 is 0.462 bits per heavy atom. The zero-order chi connectivity index (χ0) is 34.2. The van der Waals surface area contributed by atoms with Crippen molar-refractivity contribution < 1.29 is 0 Å². The number of para-hydroxylation sites is 6. The zero-order valence-electron chi connectivity index (χ0n) is 27.9. The number of aromatic nitrogens is 5. The van der Waals surface area contributed by atoms with E-state index < -0.39 is 8.24 Å². The second-order valence-corrected chi connectivity index (χ2v) is 17.9. The molecule has 244 valence electrons. The topological polar surface area (TPSA) is 48.5 Å². The molecule has 0 N–H and O–H groups in total. The number of nitrogens with zero attached hydrogens (tertiary/aromatic N) is 5. The molecule has 0 amide bonds. The van der Waals surface area contributed by atoms with Crippen LogP contribution >= 0.6 is 11.3 Å². The van der Waals surface area contributed by atoms with Gasteiger partial charge in [-0.2, -0.15) is 0 Å². The third kappa shape index (κ3) is 4.18. The Hall–Kier alpha value is -6.41. The number of hydrogen-bond acceptors (Lipinski definition) is 4. The fraction of sp³-hybridized carbons (Fsp3) is 0. The van der Waals surface area contributed by atoms with Crippen LogP contribution in [0.2, 0.25) is 0 Å². The smallest absolute Gasteiger partial charge is 0.259 e. The molecule has 11 rings (SSSR count). The zero-order valence-corrected chi connectivity index (χ0v) is 29.7. The van der Waals surface area contributed by atoms with Crippen LogP contribution in [0.4, 0.5) is 0 Å². The highest BCUT2D eigenvalue weighted by Crippen LogP contribution is 2.37. The molecule has 7 aromatic carbocycles. The molecular weight excluding hydrogens is 671 g/mol. The molecule has 0 aliphatic carbocycles. The molecule has 0 radical (unpaired) electrons. The summed E-state index contributed by atoms with van der Waals surface area (Å²) in [5.41, 5.74) is 9.71. The maximum absolute atomic E-state index is 5.32. The van der Waals surface area contributed by atoms with Crippen molar-refractivity contribution in [1.29, 1.82) is 0 Å². The standard InChI is InChI=1S/C45H29N5SSi/c1-2-16-32(17-3-1)49-39-24-8-5-21-36(39)46-43(49)30-14-12-18-33(28-30)52(34-19-13-15-31(29-34)45-48-38-23-7-10-26-41(38)51-45)42-27-11-4-20-35(42)44-47-37-22-6-9-25-40(37)50(44)52/h1-29H. The monoisotopic (exact) mass is 699 g/mol. The minimum Gasteiger partial charge on any atom is -0.339 e. The summed E-state index contributed by atoms with van der Waals surface area (Å²) in [6, 6.07) is 63.1. The van der Waals surface area contributed by atoms with E-state index in [4.69, 9.17) is 15.0 Å². The van der Waals surface area contributed by atoms with Gasteiger partial charge in [0.1, 0.15) is 16.7 Å². The summed E-state index contributed by atoms with van der Waals surface area (Å²) in [4.78, 5) is 15.7. The Morgan fingerprint density at radius 2 is 1.08 bits per heavy atom. The minimum atomic E-state index is -3.05. The van der Waals surface area contributed by atoms with Gasteiger partial charge in [-0.1, -0.05) is 121 Å². The van der Waals surface area contributed by atoms with E-state index in [9.17, 15) is 0 Å². The Balaban J connectivity index is 1.22. The van der Waals surface area contributed by atoms with Gasteiger partial charge in [0, 0.05) is 22.4 Å². The number of imidazole rings is 2. The first-order valence-electron chi connectivity index (χ1n) is 17.5. The quantitative estimate of drug-likeness (QED) is 0.169. The summed E-state index contributed by atoms with van der Waals surface area (Å²) in [6.07, 6.45) is 0. The first-order chi connectivity index (χ1) is 25.8. The van der Waals surface area contributed by atoms with Crippen LogP contribution in [0.1, 0.15) is 0 Å². The van der Waals surface area contributed by atoms with E-state index >= 15 is 0 Å². The van der Waals surface area contributed by atoms with E-state index in [1.807, 2.05) is 0 Å². The summed E-state index contributed by atoms with van der Waals surface area (Å²) in [6.45, 7) is 0. The van der Waals surface area contributed by atoms with E-state index in [0.717, 1.165) is 61.1 Å². The molecule has 0 spiro atoms. The fourth-order valence-electron chi connectivity index (χ4n) is 8.21. The van der Waals surface area contributed by atoms with Crippen LogP contribution in [0, 0.1) is 0 Å². The van der Waals surface area contributed by atoms with Crippen molar-refractivity contribution in [1.82, 2.24) is 23.8 Å². The third-order valence-corrected chi connectivity index (χ3v) is 16.1. The number of hydrogen-bond donors (Lipinski definition) is 0. The Bertz CT molecular complexity index is 2960. The molecule has 52 heavy (non-hydrogen) atoms. The van der Waals surface area contributed by atoms with Gasteiger partial charge < -0.3 is 4.23 Å². The molecular formula is C45H29N5SSi. The maximum atomic E-state index is 5.32. The largest absolute Gasteiger partial charge is 0.339 e. The summed E-state index contributed by atoms with van der Waals surface area (Å²) in [5.74, 6) is 1.94. The summed E-state index contributed by atoms with van der Waals surface area (Å²) < 4.78 is 6.08. The van der Waals surface area contributed by atoms with Crippen LogP contribution in [0.25, 0.3) is 71.3 Å². The molecule has 4 heterocycles. The summed E-state index contributed by atoms with van der Waals surface area (Å²) in [7, 11) is -3.05. The normalized spacial score (nSPS) is 15.0. The second-order valence-electron chi connectivity index (χ2n) is 13.3. The van der Waals surface area contributed by atoms with Gasteiger partial charge in [0.25, 0.3) is 8.24 Å². The van der Waals surface area contributed by atoms with Crippen LogP contribution in [0.5, 0.6) is 0 Å². The first-order valence-corrected chi connectivity index (χ1v) is 20.2. The molecule has 1 unspecified atom stereocenters. The van der Waals surface area contributed by atoms with Gasteiger partial charge in [-0.15, -0.1) is 11.3 Å². The SMILES string of the molecule is c1ccc(-n2c(-c3cccc([Si]4(c5cccc(-c6nc7ccccc7s6)c5)c5ccccc5-c5nc6ccccc6n54)c3)nc3ccccc32)cc1. The van der Waals surface area contributed by atoms with Crippen molar-refractivity contribution in [3.63, 3.8) is 0 Å². The molecule has 10 aromatic rings. The van der Waals surface area contributed by atoms with E-state index in [-0.39, 0.29) is 0 Å². The molecule has 5 nitrogen and oxygen atoms in total. The Morgan fingerprint density at radius 3 is 1.88 bits per heavy atom. The van der Waals surface area contributed by atoms with E-state index in [1.54, 1.807) is 11.3 Å². The van der Waals surface area contributed by atoms with Gasteiger partial charge in [-0.05, 0) is 70.2 Å². The van der Waals surface area contributed by atoms with E-state index in [0.29, 0.717) is 0 Å². The molecule has 1 aliphatic rings. The summed E-state index contributed by atoms with van der Waals surface area (Å²) >= 11 is 1.75. The number of thiazole rings is 1. The highest BCUT2D eigenvalue weighted by atomic mass is 32.1. The molecule has 0 bridgehead atoms. The van der Waals surface area contributed by atoms with Crippen molar-refractivity contribution in [3.05, 3.63) is 176 Å². The Kier molecular flexibility index (Phi) is 6.37. The van der Waals surface area contributed by atoms with Crippen LogP contribution in [-0.4, -0.2) is 32.0 Å². The molecule has 1 aliphatic heterocycles. The lowest BCUT2D eigenvalue weighted by Crippen LogP contribution is -2.70. The Labute approximate surface area is 304 Å². The predicted molar refractivity (Wildman–Crippen MR) is 217 cm³/mol. The highest BCUT2D eigenvalue weighted by molar-refractivity contribution is 7.21. The van der Waals surface area contributed by atoms with E-state index in [2.05, 4.69) is 185 Å². The van der Waals surface area contributed by atoms with Gasteiger partial charge >= 0.3 is 0 Å². The maximum Gasteiger partial charge on any atom is 0.259 e. The van der Waals surface area contributed by atoms with Gasteiger partial charge in [-0.3, -0.25) is 4.57 Å². The van der Waals surface area contributed by atoms with Crippen LogP contribution < -0.4 is 15.6 Å². The van der Waals surface area contributed by atoms with Crippen molar-refractivity contribution in [2.75, 3.05) is 0 Å². The molecule has 7 heteroatoms. The van der Waals surface area contributed by atoms with Crippen molar-refractivity contribution >= 4 is 67.4 Å². The molecule has 0 saturated carbocycles. The van der Waals surface area contributed by atoms with Gasteiger partial charge in [0.2, 0.25) is 0 Å². The van der Waals surface area contributed by atoms with Gasteiger partial charge in [0.05, 0.1) is 32.3 Å². The number of fused-ring (bicyclic) bond motifs is 7. The second kappa shape index (κ2) is 11.3. The van der Waals surface area contributed by atoms with Crippen molar-refractivity contribution in [2.45, 2.75) is 0 Å². The van der Waals surface area contributed by atoms with Crippen molar-refractivity contribution in [3.8, 4) is 39.0 Å². The lowest BCUT2D eigenvalue weighted by Gasteiger charge is -2.32. The third-order valence-electron chi connectivity index (χ3n) is 10.4. The number of benzene rings is 7. The van der Waals surface area contributed by atoms with Crippen LogP contribution in [-0.2, 0) is 0 Å². The van der Waals surface area contributed by atoms with Gasteiger partial charge in [0.15, 0.2) is 0 Å².